The third kappa shape index (κ3) is 4.64. The van der Waals surface area contributed by atoms with Gasteiger partial charge in [0.25, 0.3) is 0 Å². The molecule has 1 aliphatic heterocycles. The lowest BCUT2D eigenvalue weighted by atomic mass is 9.79. The molecule has 1 atom stereocenters. The molecular formula is C26H30BrN3O3. The van der Waals surface area contributed by atoms with Crippen molar-refractivity contribution < 1.29 is 13.9 Å². The number of hydrogen-bond donors (Lipinski definition) is 1. The minimum atomic E-state index is -0.403. The third-order valence-corrected chi connectivity index (χ3v) is 6.75. The number of amides is 1. The first-order valence-electron chi connectivity index (χ1n) is 11.3. The van der Waals surface area contributed by atoms with Crippen molar-refractivity contribution in [3.8, 4) is 5.75 Å². The quantitative estimate of drug-likeness (QED) is 0.304. The number of rotatable bonds is 6. The lowest BCUT2D eigenvalue weighted by Gasteiger charge is -2.47. The number of nitrogens with one attached hydrogen (secondary N) is 1. The summed E-state index contributed by atoms with van der Waals surface area (Å²) in [6.45, 7) is 10.1. The Kier molecular flexibility index (Phi) is 6.52. The first-order chi connectivity index (χ1) is 15.7. The standard InChI is InChI=1S/C26H30BrN3O3/c1-6-9-30-21-13-23(32-5)18(11-20(21)16(2)14-26(30,3)4)15-28-29-25(31)24-12-17-10-19(27)7-8-22(17)33-24/h7-8,10-13,15-16H,6,9,14H2,1-5H3,(H,29,31)/b28-15+. The van der Waals surface area contributed by atoms with Crippen LogP contribution in [0.3, 0.4) is 0 Å². The molecule has 1 unspecified atom stereocenters. The van der Waals surface area contributed by atoms with E-state index in [-0.39, 0.29) is 11.3 Å². The van der Waals surface area contributed by atoms with Gasteiger partial charge in [-0.2, -0.15) is 5.10 Å². The van der Waals surface area contributed by atoms with E-state index in [1.807, 2.05) is 18.2 Å². The van der Waals surface area contributed by atoms with Crippen LogP contribution in [0.4, 0.5) is 5.69 Å². The van der Waals surface area contributed by atoms with E-state index in [2.05, 4.69) is 71.2 Å². The van der Waals surface area contributed by atoms with E-state index in [1.54, 1.807) is 19.4 Å². The summed E-state index contributed by atoms with van der Waals surface area (Å²) in [4.78, 5) is 15.0. The van der Waals surface area contributed by atoms with Gasteiger partial charge in [0.2, 0.25) is 0 Å². The van der Waals surface area contributed by atoms with Gasteiger partial charge in [-0.3, -0.25) is 4.79 Å². The van der Waals surface area contributed by atoms with Gasteiger partial charge >= 0.3 is 5.91 Å². The number of furan rings is 1. The molecule has 4 rings (SSSR count). The van der Waals surface area contributed by atoms with Crippen LogP contribution in [-0.4, -0.2) is 31.3 Å². The van der Waals surface area contributed by atoms with E-state index in [0.29, 0.717) is 11.5 Å². The summed E-state index contributed by atoms with van der Waals surface area (Å²) in [6, 6.07) is 11.5. The van der Waals surface area contributed by atoms with Crippen LogP contribution in [-0.2, 0) is 0 Å². The lowest BCUT2D eigenvalue weighted by molar-refractivity contribution is 0.0929. The molecule has 1 amide bonds. The number of hydrazone groups is 1. The molecule has 1 N–H and O–H groups in total. The summed E-state index contributed by atoms with van der Waals surface area (Å²) in [6.07, 6.45) is 3.78. The van der Waals surface area contributed by atoms with Gasteiger partial charge in [0.05, 0.1) is 13.3 Å². The van der Waals surface area contributed by atoms with Crippen molar-refractivity contribution in [2.75, 3.05) is 18.6 Å². The lowest BCUT2D eigenvalue weighted by Crippen LogP contribution is -2.48. The minimum Gasteiger partial charge on any atom is -0.496 e. The van der Waals surface area contributed by atoms with Crippen LogP contribution in [0.5, 0.6) is 5.75 Å². The number of anilines is 1. The smallest absolute Gasteiger partial charge is 0.307 e. The molecule has 0 spiro atoms. The number of benzene rings is 2. The van der Waals surface area contributed by atoms with Crippen molar-refractivity contribution in [1.82, 2.24) is 5.43 Å². The Labute approximate surface area is 203 Å². The highest BCUT2D eigenvalue weighted by Crippen LogP contribution is 2.45. The second kappa shape index (κ2) is 9.21. The second-order valence-corrected chi connectivity index (χ2v) is 10.1. The monoisotopic (exact) mass is 511 g/mol. The number of nitrogens with zero attached hydrogens (tertiary/aromatic N) is 2. The first kappa shape index (κ1) is 23.4. The van der Waals surface area contributed by atoms with Crippen molar-refractivity contribution in [2.24, 2.45) is 5.10 Å². The Hall–Kier alpha value is -2.80. The van der Waals surface area contributed by atoms with Crippen molar-refractivity contribution in [1.29, 1.82) is 0 Å². The molecule has 0 bridgehead atoms. The van der Waals surface area contributed by atoms with Gasteiger partial charge in [-0.05, 0) is 68.5 Å². The van der Waals surface area contributed by atoms with E-state index in [9.17, 15) is 4.79 Å². The van der Waals surface area contributed by atoms with E-state index in [0.717, 1.165) is 40.6 Å². The van der Waals surface area contributed by atoms with E-state index >= 15 is 0 Å². The summed E-state index contributed by atoms with van der Waals surface area (Å²) in [7, 11) is 1.66. The van der Waals surface area contributed by atoms with Gasteiger partial charge in [0.1, 0.15) is 11.3 Å². The van der Waals surface area contributed by atoms with Crippen molar-refractivity contribution >= 4 is 44.7 Å². The van der Waals surface area contributed by atoms with Crippen LogP contribution in [0.1, 0.15) is 68.1 Å². The average molecular weight is 512 g/mol. The molecule has 33 heavy (non-hydrogen) atoms. The largest absolute Gasteiger partial charge is 0.496 e. The molecule has 6 nitrogen and oxygen atoms in total. The summed E-state index contributed by atoms with van der Waals surface area (Å²) < 4.78 is 12.2. The number of carbonyl (C=O) groups excluding carboxylic acids is 1. The molecule has 0 saturated heterocycles. The zero-order valence-electron chi connectivity index (χ0n) is 19.7. The third-order valence-electron chi connectivity index (χ3n) is 6.26. The molecular weight excluding hydrogens is 482 g/mol. The Morgan fingerprint density at radius 3 is 2.85 bits per heavy atom. The Morgan fingerprint density at radius 1 is 1.33 bits per heavy atom. The zero-order chi connectivity index (χ0) is 23.8. The molecule has 0 aliphatic carbocycles. The van der Waals surface area contributed by atoms with Crippen LogP contribution in [0, 0.1) is 0 Å². The molecule has 7 heteroatoms. The van der Waals surface area contributed by atoms with Gasteiger partial charge in [-0.1, -0.05) is 29.8 Å². The number of carbonyl (C=O) groups is 1. The Bertz CT molecular complexity index is 1210. The number of ether oxygens (including phenoxy) is 1. The fourth-order valence-corrected chi connectivity index (χ4v) is 5.17. The highest BCUT2D eigenvalue weighted by atomic mass is 79.9. The molecule has 0 fully saturated rings. The maximum Gasteiger partial charge on any atom is 0.307 e. The maximum atomic E-state index is 12.5. The van der Waals surface area contributed by atoms with E-state index < -0.39 is 5.91 Å². The SMILES string of the molecule is CCCN1c2cc(OC)c(/C=N/NC(=O)c3cc4cc(Br)ccc4o3)cc2C(C)CC1(C)C. The summed E-state index contributed by atoms with van der Waals surface area (Å²) in [5.41, 5.74) is 6.62. The molecule has 1 aliphatic rings. The van der Waals surface area contributed by atoms with Gasteiger partial charge in [-0.15, -0.1) is 0 Å². The molecule has 0 saturated carbocycles. The molecule has 174 valence electrons. The number of hydrogen-bond acceptors (Lipinski definition) is 5. The van der Waals surface area contributed by atoms with Crippen LogP contribution in [0.15, 0.2) is 50.4 Å². The van der Waals surface area contributed by atoms with E-state index in [1.165, 1.54) is 11.3 Å². The highest BCUT2D eigenvalue weighted by Gasteiger charge is 2.36. The zero-order valence-corrected chi connectivity index (χ0v) is 21.3. The van der Waals surface area contributed by atoms with Crippen molar-refractivity contribution in [2.45, 2.75) is 52.0 Å². The normalized spacial score (nSPS) is 17.4. The van der Waals surface area contributed by atoms with Gasteiger partial charge < -0.3 is 14.1 Å². The first-order valence-corrected chi connectivity index (χ1v) is 12.0. The highest BCUT2D eigenvalue weighted by molar-refractivity contribution is 9.10. The topological polar surface area (TPSA) is 67.1 Å². The fourth-order valence-electron chi connectivity index (χ4n) is 4.79. The van der Waals surface area contributed by atoms with Gasteiger partial charge in [-0.25, -0.2) is 5.43 Å². The average Bonchev–Trinajstić information content (AvgIpc) is 3.19. The Morgan fingerprint density at radius 2 is 2.12 bits per heavy atom. The van der Waals surface area contributed by atoms with Crippen LogP contribution >= 0.6 is 15.9 Å². The summed E-state index contributed by atoms with van der Waals surface area (Å²) >= 11 is 3.43. The van der Waals surface area contributed by atoms with E-state index in [4.69, 9.17) is 9.15 Å². The predicted molar refractivity (Wildman–Crippen MR) is 137 cm³/mol. The summed E-state index contributed by atoms with van der Waals surface area (Å²) in [5.74, 6) is 0.945. The van der Waals surface area contributed by atoms with Crippen LogP contribution in [0.2, 0.25) is 0 Å². The number of fused-ring (bicyclic) bond motifs is 2. The number of methoxy groups -OCH3 is 1. The van der Waals surface area contributed by atoms with Gasteiger partial charge in [0, 0.05) is 39.3 Å². The molecule has 3 aromatic rings. The number of halogens is 1. The second-order valence-electron chi connectivity index (χ2n) is 9.21. The molecule has 1 aromatic heterocycles. The molecule has 0 radical (unpaired) electrons. The van der Waals surface area contributed by atoms with Crippen LogP contribution < -0.4 is 15.1 Å². The van der Waals surface area contributed by atoms with Crippen molar-refractivity contribution in [3.63, 3.8) is 0 Å². The fraction of sp³-hybridized carbons (Fsp3) is 0.385. The molecule has 2 heterocycles. The van der Waals surface area contributed by atoms with Crippen molar-refractivity contribution in [3.05, 3.63) is 57.8 Å². The van der Waals surface area contributed by atoms with Gasteiger partial charge in [0.15, 0.2) is 5.76 Å². The predicted octanol–water partition coefficient (Wildman–Crippen LogP) is 6.47. The maximum absolute atomic E-state index is 12.5. The Balaban J connectivity index is 1.58. The molecule has 2 aromatic carbocycles. The van der Waals surface area contributed by atoms with Crippen LogP contribution in [0.25, 0.3) is 11.0 Å². The minimum absolute atomic E-state index is 0.0825. The summed E-state index contributed by atoms with van der Waals surface area (Å²) in [5, 5.41) is 5.04.